The molecule has 0 amide bonds. The van der Waals surface area contributed by atoms with Crippen molar-refractivity contribution in [1.82, 2.24) is 0 Å². The summed E-state index contributed by atoms with van der Waals surface area (Å²) in [7, 11) is 0. The van der Waals surface area contributed by atoms with Crippen molar-refractivity contribution >= 4 is 11.4 Å². The summed E-state index contributed by atoms with van der Waals surface area (Å²) in [5.41, 5.74) is 3.69. The van der Waals surface area contributed by atoms with Crippen LogP contribution in [0.4, 0.5) is 11.4 Å². The Balaban J connectivity index is 1.53. The lowest BCUT2D eigenvalue weighted by molar-refractivity contribution is 0.150. The van der Waals surface area contributed by atoms with Crippen LogP contribution in [0.2, 0.25) is 0 Å². The number of unbranched alkanes of at least 4 members (excludes halogenated alkanes) is 5. The Morgan fingerprint density at radius 1 is 0.731 bits per heavy atom. The molecule has 0 bridgehead atoms. The molecule has 0 saturated carbocycles. The van der Waals surface area contributed by atoms with Crippen LogP contribution in [-0.2, 0) is 6.42 Å². The number of anilines is 2. The van der Waals surface area contributed by atoms with Crippen LogP contribution in [0, 0.1) is 0 Å². The number of aliphatic hydroxyl groups is 1. The van der Waals surface area contributed by atoms with E-state index in [4.69, 9.17) is 0 Å². The fourth-order valence-corrected chi connectivity index (χ4v) is 3.34. The molecule has 0 spiro atoms. The summed E-state index contributed by atoms with van der Waals surface area (Å²) in [6.07, 6.45) is 11.8. The Morgan fingerprint density at radius 2 is 1.35 bits per heavy atom. The van der Waals surface area contributed by atoms with Crippen LogP contribution in [0.25, 0.3) is 0 Å². The Labute approximate surface area is 159 Å². The average molecular weight is 354 g/mol. The number of rotatable bonds is 13. The quantitative estimate of drug-likeness (QED) is 0.385. The van der Waals surface area contributed by atoms with Crippen molar-refractivity contribution in [2.45, 2.75) is 77.2 Å². The van der Waals surface area contributed by atoms with E-state index in [1.54, 1.807) is 0 Å². The lowest BCUT2D eigenvalue weighted by atomic mass is 10.0. The minimum absolute atomic E-state index is 0.0700. The van der Waals surface area contributed by atoms with Crippen LogP contribution < -0.4 is 5.32 Å². The van der Waals surface area contributed by atoms with Crippen LogP contribution in [0.3, 0.4) is 0 Å². The van der Waals surface area contributed by atoms with Crippen LogP contribution in [0.15, 0.2) is 54.6 Å². The molecule has 0 fully saturated rings. The predicted octanol–water partition coefficient (Wildman–Crippen LogP) is 6.86. The van der Waals surface area contributed by atoms with Gasteiger partial charge in [0.05, 0.1) is 6.10 Å². The van der Waals surface area contributed by atoms with Crippen molar-refractivity contribution in [3.63, 3.8) is 0 Å². The standard InChI is InChI=1S/C24H35NO/c1-2-12-24(26)16-11-6-4-3-5-8-13-21-17-19-23(20-18-21)25-22-14-9-7-10-15-22/h7,9-10,14-15,17-20,24-26H,2-6,8,11-13,16H2,1H3. The van der Waals surface area contributed by atoms with Gasteiger partial charge in [-0.25, -0.2) is 0 Å². The highest BCUT2D eigenvalue weighted by Crippen LogP contribution is 2.18. The van der Waals surface area contributed by atoms with E-state index in [9.17, 15) is 5.11 Å². The van der Waals surface area contributed by atoms with Gasteiger partial charge in [-0.3, -0.25) is 0 Å². The van der Waals surface area contributed by atoms with Crippen LogP contribution in [0.1, 0.15) is 70.3 Å². The van der Waals surface area contributed by atoms with E-state index in [-0.39, 0.29) is 6.10 Å². The Morgan fingerprint density at radius 3 is 2.04 bits per heavy atom. The number of aliphatic hydroxyl groups excluding tert-OH is 1. The molecule has 0 aliphatic carbocycles. The Kier molecular flexibility index (Phi) is 9.89. The molecule has 0 heterocycles. The van der Waals surface area contributed by atoms with E-state index in [1.165, 1.54) is 50.5 Å². The molecule has 2 nitrogen and oxygen atoms in total. The summed E-state index contributed by atoms with van der Waals surface area (Å²) in [4.78, 5) is 0. The molecule has 0 aromatic heterocycles. The highest BCUT2D eigenvalue weighted by atomic mass is 16.3. The number of aryl methyl sites for hydroxylation is 1. The molecule has 2 rings (SSSR count). The highest BCUT2D eigenvalue weighted by Gasteiger charge is 2.02. The van der Waals surface area contributed by atoms with Crippen LogP contribution in [0.5, 0.6) is 0 Å². The number of nitrogens with one attached hydrogen (secondary N) is 1. The molecule has 2 N–H and O–H groups in total. The normalized spacial score (nSPS) is 12.1. The first-order chi connectivity index (χ1) is 12.8. The Bertz CT molecular complexity index is 579. The van der Waals surface area contributed by atoms with E-state index >= 15 is 0 Å². The zero-order chi connectivity index (χ0) is 18.5. The third-order valence-corrected chi connectivity index (χ3v) is 4.89. The monoisotopic (exact) mass is 353 g/mol. The summed E-state index contributed by atoms with van der Waals surface area (Å²) < 4.78 is 0. The third-order valence-electron chi connectivity index (χ3n) is 4.89. The van der Waals surface area contributed by atoms with Gasteiger partial charge in [0.15, 0.2) is 0 Å². The Hall–Kier alpha value is -1.80. The van der Waals surface area contributed by atoms with Crippen LogP contribution >= 0.6 is 0 Å². The summed E-state index contributed by atoms with van der Waals surface area (Å²) in [6, 6.07) is 19.1. The molecular formula is C24H35NO. The van der Waals surface area contributed by atoms with E-state index in [2.05, 4.69) is 48.6 Å². The number of benzene rings is 2. The molecule has 0 saturated heterocycles. The van der Waals surface area contributed by atoms with E-state index in [1.807, 2.05) is 18.2 Å². The molecule has 142 valence electrons. The van der Waals surface area contributed by atoms with E-state index in [0.717, 1.165) is 30.6 Å². The summed E-state index contributed by atoms with van der Waals surface area (Å²) >= 11 is 0. The SMILES string of the molecule is CCCC(O)CCCCCCCCc1ccc(Nc2ccccc2)cc1. The van der Waals surface area contributed by atoms with Gasteiger partial charge in [-0.1, -0.05) is 75.8 Å². The molecule has 2 aromatic carbocycles. The first-order valence-corrected chi connectivity index (χ1v) is 10.4. The predicted molar refractivity (Wildman–Crippen MR) is 113 cm³/mol. The highest BCUT2D eigenvalue weighted by molar-refractivity contribution is 5.59. The molecule has 1 atom stereocenters. The second-order valence-electron chi connectivity index (χ2n) is 7.29. The van der Waals surface area contributed by atoms with Gasteiger partial charge in [0, 0.05) is 11.4 Å². The fourth-order valence-electron chi connectivity index (χ4n) is 3.34. The van der Waals surface area contributed by atoms with Crippen molar-refractivity contribution in [2.75, 3.05) is 5.32 Å². The first kappa shape index (κ1) is 20.5. The van der Waals surface area contributed by atoms with Crippen molar-refractivity contribution in [3.8, 4) is 0 Å². The van der Waals surface area contributed by atoms with E-state index < -0.39 is 0 Å². The number of para-hydroxylation sites is 1. The van der Waals surface area contributed by atoms with E-state index in [0.29, 0.717) is 0 Å². The maximum Gasteiger partial charge on any atom is 0.0540 e. The van der Waals surface area contributed by atoms with Crippen molar-refractivity contribution in [1.29, 1.82) is 0 Å². The van der Waals surface area contributed by atoms with Gasteiger partial charge in [-0.2, -0.15) is 0 Å². The van der Waals surface area contributed by atoms with Crippen molar-refractivity contribution < 1.29 is 5.11 Å². The summed E-state index contributed by atoms with van der Waals surface area (Å²) in [5, 5.41) is 13.1. The molecule has 1 unspecified atom stereocenters. The molecule has 2 heteroatoms. The second kappa shape index (κ2) is 12.5. The van der Waals surface area contributed by atoms with Crippen molar-refractivity contribution in [3.05, 3.63) is 60.2 Å². The molecular weight excluding hydrogens is 318 g/mol. The maximum absolute atomic E-state index is 9.71. The average Bonchev–Trinajstić information content (AvgIpc) is 2.66. The minimum Gasteiger partial charge on any atom is -0.393 e. The molecule has 0 radical (unpaired) electrons. The van der Waals surface area contributed by atoms with Crippen LogP contribution in [-0.4, -0.2) is 11.2 Å². The minimum atomic E-state index is -0.0700. The van der Waals surface area contributed by atoms with Gasteiger partial charge < -0.3 is 10.4 Å². The van der Waals surface area contributed by atoms with Gasteiger partial charge in [0.25, 0.3) is 0 Å². The fraction of sp³-hybridized carbons (Fsp3) is 0.500. The topological polar surface area (TPSA) is 32.3 Å². The van der Waals surface area contributed by atoms with Gasteiger partial charge >= 0.3 is 0 Å². The molecule has 0 aliphatic heterocycles. The zero-order valence-electron chi connectivity index (χ0n) is 16.3. The lowest BCUT2D eigenvalue weighted by Gasteiger charge is -2.09. The summed E-state index contributed by atoms with van der Waals surface area (Å²) in [6.45, 7) is 2.14. The molecule has 0 aliphatic rings. The largest absolute Gasteiger partial charge is 0.393 e. The molecule has 26 heavy (non-hydrogen) atoms. The van der Waals surface area contributed by atoms with Gasteiger partial charge in [0.1, 0.15) is 0 Å². The van der Waals surface area contributed by atoms with Gasteiger partial charge in [-0.05, 0) is 55.5 Å². The second-order valence-corrected chi connectivity index (χ2v) is 7.29. The van der Waals surface area contributed by atoms with Gasteiger partial charge in [0.2, 0.25) is 0 Å². The smallest absolute Gasteiger partial charge is 0.0540 e. The summed E-state index contributed by atoms with van der Waals surface area (Å²) in [5.74, 6) is 0. The zero-order valence-corrected chi connectivity index (χ0v) is 16.3. The van der Waals surface area contributed by atoms with Gasteiger partial charge in [-0.15, -0.1) is 0 Å². The number of hydrogen-bond acceptors (Lipinski definition) is 2. The third kappa shape index (κ3) is 8.53. The lowest BCUT2D eigenvalue weighted by Crippen LogP contribution is -2.04. The number of hydrogen-bond donors (Lipinski definition) is 2. The first-order valence-electron chi connectivity index (χ1n) is 10.4. The van der Waals surface area contributed by atoms with Crippen molar-refractivity contribution in [2.24, 2.45) is 0 Å². The maximum atomic E-state index is 9.71. The molecule has 2 aromatic rings.